The fraction of sp³-hybridized carbons (Fsp3) is 0.464. The number of nitrogens with two attached hydrogens (primary N) is 1. The van der Waals surface area contributed by atoms with E-state index in [0.29, 0.717) is 64.7 Å². The normalized spacial score (nSPS) is 16.4. The van der Waals surface area contributed by atoms with Crippen LogP contribution < -0.4 is 45.9 Å². The molecule has 1 saturated heterocycles. The van der Waals surface area contributed by atoms with Crippen LogP contribution in [0.4, 0.5) is 46.2 Å². The minimum Gasteiger partial charge on any atom is -0.495 e. The number of ether oxygens (including phenoxy) is 2. The molecule has 5 N–H and O–H groups in total. The minimum atomic E-state index is -0.253. The smallest absolute Gasteiger partial charge is 0.251 e. The molecule has 19 heteroatoms. The third-order valence-electron chi connectivity index (χ3n) is 15.2. The molecule has 3 aromatic heterocycles. The number of carbonyl (C=O) groups is 2. The molecule has 2 aliphatic heterocycles. The van der Waals surface area contributed by atoms with Crippen LogP contribution in [-0.4, -0.2) is 164 Å². The molecule has 1 saturated carbocycles. The molecule has 75 heavy (non-hydrogen) atoms. The lowest BCUT2D eigenvalue weighted by Crippen LogP contribution is -2.55. The summed E-state index contributed by atoms with van der Waals surface area (Å²) in [6, 6.07) is 19.5. The molecule has 19 nitrogen and oxygen atoms in total. The van der Waals surface area contributed by atoms with Crippen molar-refractivity contribution in [2.75, 3.05) is 132 Å². The first-order chi connectivity index (χ1) is 36.4. The van der Waals surface area contributed by atoms with Crippen LogP contribution in [0.3, 0.4) is 0 Å². The van der Waals surface area contributed by atoms with E-state index in [1.54, 1.807) is 50.7 Å². The van der Waals surface area contributed by atoms with Gasteiger partial charge < -0.3 is 65.1 Å². The Bertz CT molecular complexity index is 2930. The number of methoxy groups -OCH3 is 2. The van der Waals surface area contributed by atoms with Crippen molar-refractivity contribution in [1.82, 2.24) is 44.5 Å². The lowest BCUT2D eigenvalue weighted by Gasteiger charge is -2.43. The highest BCUT2D eigenvalue weighted by atomic mass is 16.5. The monoisotopic (exact) mass is 1020 g/mol. The SMILES string of the molecule is CCC1C(=O)N(C)c2cnc(Nc3ccc(C(=O)NCCCN4CCN(CCCN(C)CCN(C)c5cc(OC)c(Nc6nccc(-c7cn(C)c8ccccc78)n6)cc5N)CC4)cc3OC)nc2N1C1CCCC1. The summed E-state index contributed by atoms with van der Waals surface area (Å²) < 4.78 is 13.7. The first-order valence-corrected chi connectivity index (χ1v) is 26.6. The number of hydrogen-bond donors (Lipinski definition) is 4. The number of aromatic nitrogens is 5. The molecule has 3 aromatic carbocycles. The number of nitrogens with zero attached hydrogens (tertiary/aromatic N) is 11. The average molecular weight is 1020 g/mol. The van der Waals surface area contributed by atoms with Crippen LogP contribution in [0.25, 0.3) is 22.2 Å². The molecular formula is C56H75N15O4. The van der Waals surface area contributed by atoms with Crippen molar-refractivity contribution in [2.24, 2.45) is 7.05 Å². The highest BCUT2D eigenvalue weighted by Gasteiger charge is 2.41. The maximum Gasteiger partial charge on any atom is 0.251 e. The Labute approximate surface area is 441 Å². The van der Waals surface area contributed by atoms with Crippen LogP contribution in [0, 0.1) is 0 Å². The minimum absolute atomic E-state index is 0.0785. The lowest BCUT2D eigenvalue weighted by atomic mass is 10.0. The Morgan fingerprint density at radius 1 is 0.827 bits per heavy atom. The van der Waals surface area contributed by atoms with Crippen molar-refractivity contribution in [1.29, 1.82) is 0 Å². The van der Waals surface area contributed by atoms with Gasteiger partial charge in [-0.15, -0.1) is 0 Å². The quantitative estimate of drug-likeness (QED) is 0.0394. The predicted octanol–water partition coefficient (Wildman–Crippen LogP) is 7.21. The van der Waals surface area contributed by atoms with E-state index in [0.717, 1.165) is 131 Å². The number of anilines is 8. The summed E-state index contributed by atoms with van der Waals surface area (Å²) in [6.45, 7) is 11.4. The molecule has 5 heterocycles. The van der Waals surface area contributed by atoms with E-state index < -0.39 is 0 Å². The second kappa shape index (κ2) is 24.0. The van der Waals surface area contributed by atoms with Crippen LogP contribution >= 0.6 is 0 Å². The summed E-state index contributed by atoms with van der Waals surface area (Å²) in [4.78, 5) is 59.0. The highest BCUT2D eigenvalue weighted by Crippen LogP contribution is 2.41. The molecule has 1 unspecified atom stereocenters. The van der Waals surface area contributed by atoms with Crippen molar-refractivity contribution in [3.63, 3.8) is 0 Å². The zero-order chi connectivity index (χ0) is 52.6. The van der Waals surface area contributed by atoms with Gasteiger partial charge in [0.15, 0.2) is 5.82 Å². The lowest BCUT2D eigenvalue weighted by molar-refractivity contribution is -0.120. The summed E-state index contributed by atoms with van der Waals surface area (Å²) in [7, 11) is 11.3. The van der Waals surface area contributed by atoms with Crippen molar-refractivity contribution < 1.29 is 19.1 Å². The van der Waals surface area contributed by atoms with Gasteiger partial charge in [-0.1, -0.05) is 38.0 Å². The van der Waals surface area contributed by atoms with Gasteiger partial charge in [0, 0.05) is 113 Å². The summed E-state index contributed by atoms with van der Waals surface area (Å²) in [5, 5.41) is 10.9. The van der Waals surface area contributed by atoms with Gasteiger partial charge in [0.1, 0.15) is 23.2 Å². The standard InChI is InChI=1S/C56H75N15O4/c1-8-46-54(73)68(5)49-36-60-56(64-52(49)71(46)39-15-9-10-16-39)62-44-20-19-38(33-50(44)74-6)53(72)58-22-13-25-69-29-31-70(32-30-69)26-14-24-65(2)27-28-66(3)48-35-51(75-7)45(34-42(48)57)63-55-59-23-21-43(61-55)41-37-67(4)47-18-12-11-17-40(41)47/h11-12,17-21,23,33-37,39,46H,8-10,13-16,22,24-32,57H2,1-7H3,(H,58,72)(H,59,61,63)(H,60,62,64). The average Bonchev–Trinajstić information content (AvgIpc) is 4.09. The van der Waals surface area contributed by atoms with Gasteiger partial charge in [0.2, 0.25) is 17.8 Å². The van der Waals surface area contributed by atoms with Gasteiger partial charge in [-0.2, -0.15) is 4.98 Å². The molecule has 0 bridgehead atoms. The molecule has 0 radical (unpaired) electrons. The van der Waals surface area contributed by atoms with E-state index in [4.69, 9.17) is 25.2 Å². The molecule has 1 atom stereocenters. The molecular weight excluding hydrogens is 947 g/mol. The number of benzene rings is 3. The molecule has 1 aliphatic carbocycles. The van der Waals surface area contributed by atoms with Crippen molar-refractivity contribution in [2.45, 2.75) is 64.0 Å². The first kappa shape index (κ1) is 52.6. The van der Waals surface area contributed by atoms with Crippen LogP contribution in [-0.2, 0) is 11.8 Å². The van der Waals surface area contributed by atoms with Crippen LogP contribution in [0.15, 0.2) is 79.3 Å². The predicted molar refractivity (Wildman–Crippen MR) is 300 cm³/mol. The number of para-hydroxylation sites is 1. The Morgan fingerprint density at radius 3 is 2.28 bits per heavy atom. The van der Waals surface area contributed by atoms with E-state index in [1.807, 2.05) is 43.4 Å². The van der Waals surface area contributed by atoms with E-state index in [2.05, 4.69) is 94.3 Å². The van der Waals surface area contributed by atoms with E-state index in [-0.39, 0.29) is 23.9 Å². The van der Waals surface area contributed by atoms with Crippen LogP contribution in [0.1, 0.15) is 62.2 Å². The van der Waals surface area contributed by atoms with Gasteiger partial charge in [-0.05, 0) is 95.2 Å². The second-order valence-electron chi connectivity index (χ2n) is 20.2. The fourth-order valence-electron chi connectivity index (χ4n) is 10.9. The molecule has 398 valence electrons. The summed E-state index contributed by atoms with van der Waals surface area (Å²) in [6.07, 6.45) is 12.6. The number of nitrogens with one attached hydrogen (secondary N) is 3. The molecule has 6 aromatic rings. The number of fused-ring (bicyclic) bond motifs is 2. The molecule has 3 aliphatic rings. The Kier molecular flexibility index (Phi) is 16.8. The number of rotatable bonds is 22. The van der Waals surface area contributed by atoms with Gasteiger partial charge in [0.05, 0.1) is 48.9 Å². The maximum atomic E-state index is 13.3. The fourth-order valence-corrected chi connectivity index (χ4v) is 10.9. The van der Waals surface area contributed by atoms with Gasteiger partial charge in [0.25, 0.3) is 5.91 Å². The van der Waals surface area contributed by atoms with E-state index in [9.17, 15) is 9.59 Å². The Morgan fingerprint density at radius 2 is 1.53 bits per heavy atom. The van der Waals surface area contributed by atoms with Gasteiger partial charge >= 0.3 is 0 Å². The van der Waals surface area contributed by atoms with Crippen molar-refractivity contribution in [3.05, 3.63) is 84.8 Å². The molecule has 9 rings (SSSR count). The van der Waals surface area contributed by atoms with E-state index >= 15 is 0 Å². The summed E-state index contributed by atoms with van der Waals surface area (Å²) >= 11 is 0. The maximum absolute atomic E-state index is 13.3. The molecule has 2 fully saturated rings. The molecule has 0 spiro atoms. The number of amides is 2. The van der Waals surface area contributed by atoms with Gasteiger partial charge in [-0.25, -0.2) is 15.0 Å². The third kappa shape index (κ3) is 12.0. The zero-order valence-electron chi connectivity index (χ0n) is 44.8. The number of nitrogen functional groups attached to an aromatic ring is 1. The second-order valence-corrected chi connectivity index (χ2v) is 20.2. The first-order valence-electron chi connectivity index (χ1n) is 26.6. The Hall–Kier alpha value is -7.22. The van der Waals surface area contributed by atoms with E-state index in [1.165, 1.54) is 0 Å². The summed E-state index contributed by atoms with van der Waals surface area (Å²) in [5.74, 6) is 2.74. The number of aryl methyl sites for hydroxylation is 1. The third-order valence-corrected chi connectivity index (χ3v) is 15.2. The number of likely N-dealkylation sites (N-methyl/N-ethyl adjacent to an activating group) is 3. The largest absolute Gasteiger partial charge is 0.495 e. The summed E-state index contributed by atoms with van der Waals surface area (Å²) in [5.41, 5.74) is 13.8. The number of piperazine rings is 1. The zero-order valence-corrected chi connectivity index (χ0v) is 44.8. The number of carbonyl (C=O) groups excluding carboxylic acids is 2. The van der Waals surface area contributed by atoms with Crippen LogP contribution in [0.5, 0.6) is 11.5 Å². The Balaban J connectivity index is 0.673. The topological polar surface area (TPSA) is 191 Å². The molecule has 2 amide bonds. The van der Waals surface area contributed by atoms with Crippen LogP contribution in [0.2, 0.25) is 0 Å². The van der Waals surface area contributed by atoms with Crippen molar-refractivity contribution in [3.8, 4) is 22.8 Å². The highest BCUT2D eigenvalue weighted by molar-refractivity contribution is 6.04. The van der Waals surface area contributed by atoms with Gasteiger partial charge in [-0.3, -0.25) is 9.59 Å². The van der Waals surface area contributed by atoms with Crippen molar-refractivity contribution >= 4 is 68.9 Å². The number of hydrogen-bond acceptors (Lipinski definition) is 16.